The maximum absolute atomic E-state index is 10.6. The summed E-state index contributed by atoms with van der Waals surface area (Å²) < 4.78 is 8.44. The van der Waals surface area contributed by atoms with E-state index < -0.39 is 6.09 Å². The summed E-state index contributed by atoms with van der Waals surface area (Å²) in [7, 11) is 0. The van der Waals surface area contributed by atoms with Crippen molar-refractivity contribution >= 4 is 27.7 Å². The van der Waals surface area contributed by atoms with Crippen LogP contribution in [-0.2, 0) is 0 Å². The minimum atomic E-state index is -0.991. The van der Waals surface area contributed by atoms with Crippen LogP contribution in [0.15, 0.2) is 23.1 Å². The van der Waals surface area contributed by atoms with Gasteiger partial charge in [-0.1, -0.05) is 0 Å². The molecule has 0 spiro atoms. The van der Waals surface area contributed by atoms with E-state index in [1.807, 2.05) is 0 Å². The number of nitrogens with one attached hydrogen (secondary N) is 1. The first-order valence-corrected chi connectivity index (χ1v) is 7.06. The number of ether oxygens (including phenoxy) is 1. The van der Waals surface area contributed by atoms with E-state index in [0.29, 0.717) is 12.4 Å². The van der Waals surface area contributed by atoms with Crippen LogP contribution in [-0.4, -0.2) is 37.7 Å². The van der Waals surface area contributed by atoms with Crippen molar-refractivity contribution in [2.75, 3.05) is 0 Å². The van der Waals surface area contributed by atoms with Gasteiger partial charge in [0.25, 0.3) is 0 Å². The topological polar surface area (TPSA) is 88.8 Å². The van der Waals surface area contributed by atoms with Crippen LogP contribution in [0.1, 0.15) is 19.3 Å². The number of hydrogen-bond acceptors (Lipinski definition) is 4. The molecule has 8 heteroatoms. The molecule has 2 aromatic heterocycles. The molecule has 1 aliphatic carbocycles. The van der Waals surface area contributed by atoms with E-state index in [4.69, 9.17) is 9.84 Å². The highest BCUT2D eigenvalue weighted by Crippen LogP contribution is 2.26. The Morgan fingerprint density at radius 2 is 2.35 bits per heavy atom. The lowest BCUT2D eigenvalue weighted by Crippen LogP contribution is -2.32. The number of rotatable bonds is 3. The first kappa shape index (κ1) is 13.2. The zero-order chi connectivity index (χ0) is 14.1. The maximum Gasteiger partial charge on any atom is 0.404 e. The molecular formula is C12H13BrN4O3. The summed E-state index contributed by atoms with van der Waals surface area (Å²) >= 11 is 3.38. The second kappa shape index (κ2) is 5.28. The number of carboxylic acid groups (broad SMARTS) is 1. The van der Waals surface area contributed by atoms with Crippen LogP contribution in [0, 0.1) is 0 Å². The van der Waals surface area contributed by atoms with Crippen molar-refractivity contribution in [3.8, 4) is 6.01 Å². The van der Waals surface area contributed by atoms with E-state index in [1.54, 1.807) is 23.0 Å². The molecule has 1 saturated carbocycles. The Hall–Kier alpha value is -1.83. The molecule has 1 fully saturated rings. The highest BCUT2D eigenvalue weighted by atomic mass is 79.9. The first-order valence-electron chi connectivity index (χ1n) is 6.27. The molecule has 2 aromatic rings. The van der Waals surface area contributed by atoms with Crippen LogP contribution >= 0.6 is 15.9 Å². The molecule has 3 rings (SSSR count). The molecule has 2 atom stereocenters. The smallest absolute Gasteiger partial charge is 0.404 e. The molecule has 0 aromatic carbocycles. The molecule has 1 amide bonds. The quantitative estimate of drug-likeness (QED) is 0.892. The Balaban J connectivity index is 1.73. The Morgan fingerprint density at radius 3 is 3.15 bits per heavy atom. The third kappa shape index (κ3) is 2.55. The molecule has 20 heavy (non-hydrogen) atoms. The fourth-order valence-corrected chi connectivity index (χ4v) is 2.85. The monoisotopic (exact) mass is 340 g/mol. The lowest BCUT2D eigenvalue weighted by Gasteiger charge is -2.14. The highest BCUT2D eigenvalue weighted by Gasteiger charge is 2.28. The van der Waals surface area contributed by atoms with Crippen molar-refractivity contribution < 1.29 is 14.6 Å². The van der Waals surface area contributed by atoms with Gasteiger partial charge in [-0.15, -0.1) is 0 Å². The lowest BCUT2D eigenvalue weighted by molar-refractivity contribution is 0.178. The number of halogens is 1. The van der Waals surface area contributed by atoms with Crippen LogP contribution in [0.3, 0.4) is 0 Å². The largest absolute Gasteiger partial charge is 0.465 e. The van der Waals surface area contributed by atoms with Crippen molar-refractivity contribution in [2.45, 2.75) is 31.4 Å². The van der Waals surface area contributed by atoms with Crippen molar-refractivity contribution in [1.82, 2.24) is 19.7 Å². The van der Waals surface area contributed by atoms with Gasteiger partial charge in [-0.05, 0) is 28.8 Å². The molecule has 2 N–H and O–H groups in total. The molecule has 0 aliphatic heterocycles. The minimum absolute atomic E-state index is 0.0360. The summed E-state index contributed by atoms with van der Waals surface area (Å²) in [5.74, 6) is 0. The van der Waals surface area contributed by atoms with Gasteiger partial charge in [-0.2, -0.15) is 0 Å². The van der Waals surface area contributed by atoms with Gasteiger partial charge in [0.05, 0.1) is 10.7 Å². The van der Waals surface area contributed by atoms with E-state index in [1.165, 1.54) is 0 Å². The average molecular weight is 341 g/mol. The van der Waals surface area contributed by atoms with Gasteiger partial charge in [-0.25, -0.2) is 14.8 Å². The fourth-order valence-electron chi connectivity index (χ4n) is 2.46. The summed E-state index contributed by atoms with van der Waals surface area (Å²) in [6.07, 6.45) is 6.32. The average Bonchev–Trinajstić information content (AvgIpc) is 3.01. The summed E-state index contributed by atoms with van der Waals surface area (Å²) in [5, 5.41) is 11.2. The molecule has 0 saturated heterocycles. The second-order valence-corrected chi connectivity index (χ2v) is 5.56. The summed E-state index contributed by atoms with van der Waals surface area (Å²) in [5.41, 5.74) is 0.744. The zero-order valence-electron chi connectivity index (χ0n) is 10.5. The zero-order valence-corrected chi connectivity index (χ0v) is 12.1. The van der Waals surface area contributed by atoms with Gasteiger partial charge in [-0.3, -0.25) is 4.40 Å². The summed E-state index contributed by atoms with van der Waals surface area (Å²) in [6, 6.07) is 0.424. The van der Waals surface area contributed by atoms with Crippen molar-refractivity contribution in [3.63, 3.8) is 0 Å². The third-order valence-corrected chi connectivity index (χ3v) is 3.89. The first-order chi connectivity index (χ1) is 9.63. The van der Waals surface area contributed by atoms with Crippen LogP contribution in [0.2, 0.25) is 0 Å². The fraction of sp³-hybridized carbons (Fsp3) is 0.417. The van der Waals surface area contributed by atoms with Gasteiger partial charge in [0.15, 0.2) is 5.65 Å². The molecule has 2 heterocycles. The van der Waals surface area contributed by atoms with E-state index in [0.717, 1.165) is 23.0 Å². The van der Waals surface area contributed by atoms with Gasteiger partial charge in [0, 0.05) is 24.9 Å². The number of hydrogen-bond donors (Lipinski definition) is 2. The highest BCUT2D eigenvalue weighted by molar-refractivity contribution is 9.10. The Labute approximate surface area is 123 Å². The molecule has 0 bridgehead atoms. The number of fused-ring (bicyclic) bond motifs is 1. The Kier molecular flexibility index (Phi) is 3.47. The van der Waals surface area contributed by atoms with E-state index >= 15 is 0 Å². The van der Waals surface area contributed by atoms with Crippen molar-refractivity contribution in [2.24, 2.45) is 0 Å². The predicted molar refractivity (Wildman–Crippen MR) is 73.9 cm³/mol. The van der Waals surface area contributed by atoms with E-state index in [2.05, 4.69) is 31.2 Å². The number of nitrogens with zero attached hydrogens (tertiary/aromatic N) is 3. The molecule has 0 unspecified atom stereocenters. The minimum Gasteiger partial charge on any atom is -0.465 e. The van der Waals surface area contributed by atoms with Crippen molar-refractivity contribution in [3.05, 3.63) is 23.1 Å². The van der Waals surface area contributed by atoms with E-state index in [9.17, 15) is 4.79 Å². The summed E-state index contributed by atoms with van der Waals surface area (Å²) in [4.78, 5) is 19.1. The van der Waals surface area contributed by atoms with Crippen LogP contribution < -0.4 is 10.1 Å². The van der Waals surface area contributed by atoms with Gasteiger partial charge < -0.3 is 15.2 Å². The van der Waals surface area contributed by atoms with Crippen LogP contribution in [0.5, 0.6) is 6.01 Å². The van der Waals surface area contributed by atoms with Crippen molar-refractivity contribution in [1.29, 1.82) is 0 Å². The predicted octanol–water partition coefficient (Wildman–Crippen LogP) is 2.06. The summed E-state index contributed by atoms with van der Waals surface area (Å²) in [6.45, 7) is 0. The van der Waals surface area contributed by atoms with Gasteiger partial charge in [0.1, 0.15) is 6.10 Å². The lowest BCUT2D eigenvalue weighted by atomic mass is 10.2. The van der Waals surface area contributed by atoms with Crippen LogP contribution in [0.4, 0.5) is 4.79 Å². The number of imidazole rings is 1. The van der Waals surface area contributed by atoms with E-state index in [-0.39, 0.29) is 12.1 Å². The molecule has 0 radical (unpaired) electrons. The van der Waals surface area contributed by atoms with Crippen LogP contribution in [0.25, 0.3) is 5.65 Å². The molecular weight excluding hydrogens is 328 g/mol. The molecule has 106 valence electrons. The third-order valence-electron chi connectivity index (χ3n) is 3.33. The standard InChI is InChI=1S/C12H13BrN4O3/c13-9-6-15-11(17-4-3-14-10(9)17)20-8-2-1-7(5-8)16-12(18)19/h3-4,6-8,16H,1-2,5H2,(H,18,19)/t7-,8+/m1/s1. The van der Waals surface area contributed by atoms with Gasteiger partial charge >= 0.3 is 12.1 Å². The second-order valence-electron chi connectivity index (χ2n) is 4.71. The van der Waals surface area contributed by atoms with Gasteiger partial charge in [0.2, 0.25) is 0 Å². The Morgan fingerprint density at radius 1 is 1.50 bits per heavy atom. The normalized spacial score (nSPS) is 22.1. The SMILES string of the molecule is O=C(O)N[C@@H]1CC[C@H](Oc2ncc(Br)c3nccn23)C1. The number of carbonyl (C=O) groups is 1. The molecule has 7 nitrogen and oxygen atoms in total. The molecule has 1 aliphatic rings. The number of amides is 1. The maximum atomic E-state index is 10.6. The number of aromatic nitrogens is 3. The Bertz CT molecular complexity index is 645.